The molecule has 0 spiro atoms. The molecule has 0 saturated carbocycles. The van der Waals surface area contributed by atoms with Crippen molar-refractivity contribution in [1.29, 1.82) is 0 Å². The van der Waals surface area contributed by atoms with Crippen LogP contribution < -0.4 is 0 Å². The lowest BCUT2D eigenvalue weighted by Crippen LogP contribution is -2.30. The number of hydrogen-bond acceptors (Lipinski definition) is 6. The van der Waals surface area contributed by atoms with E-state index in [1.807, 2.05) is 43.3 Å². The second kappa shape index (κ2) is 7.40. The van der Waals surface area contributed by atoms with Gasteiger partial charge >= 0.3 is 0 Å². The zero-order valence-corrected chi connectivity index (χ0v) is 16.3. The number of rotatable bonds is 5. The number of furan rings is 1. The van der Waals surface area contributed by atoms with E-state index in [0.717, 1.165) is 27.6 Å². The summed E-state index contributed by atoms with van der Waals surface area (Å²) < 4.78 is 7.09. The Morgan fingerprint density at radius 2 is 2.07 bits per heavy atom. The number of carbonyl (C=O) groups is 1. The maximum absolute atomic E-state index is 13.2. The summed E-state index contributed by atoms with van der Waals surface area (Å²) in [5, 5.41) is 13.3. The van der Waals surface area contributed by atoms with Gasteiger partial charge < -0.3 is 9.32 Å². The molecule has 0 unspecified atom stereocenters. The van der Waals surface area contributed by atoms with E-state index >= 15 is 0 Å². The van der Waals surface area contributed by atoms with Gasteiger partial charge in [-0.15, -0.1) is 5.10 Å². The summed E-state index contributed by atoms with van der Waals surface area (Å²) in [6, 6.07) is 15.2. The molecule has 0 bridgehead atoms. The number of aryl methyl sites for hydroxylation is 1. The van der Waals surface area contributed by atoms with E-state index in [2.05, 4.69) is 20.5 Å². The minimum Gasteiger partial charge on any atom is -0.459 e. The Morgan fingerprint density at radius 3 is 2.87 bits per heavy atom. The Bertz CT molecular complexity index is 1330. The maximum Gasteiger partial charge on any atom is 0.290 e. The fourth-order valence-corrected chi connectivity index (χ4v) is 3.67. The molecule has 0 aliphatic heterocycles. The molecule has 4 heterocycles. The molecule has 8 nitrogen and oxygen atoms in total. The first kappa shape index (κ1) is 18.0. The number of nitrogens with zero attached hydrogens (tertiary/aromatic N) is 6. The SMILES string of the molecule is Cc1cccc2cc(CN(Cc3cccnc3)C(=O)c3ccco3)c3nnnn3c12. The fourth-order valence-electron chi connectivity index (χ4n) is 3.67. The summed E-state index contributed by atoms with van der Waals surface area (Å²) in [6.45, 7) is 2.73. The highest BCUT2D eigenvalue weighted by atomic mass is 16.3. The van der Waals surface area contributed by atoms with Crippen LogP contribution in [-0.4, -0.2) is 35.8 Å². The highest BCUT2D eigenvalue weighted by Crippen LogP contribution is 2.24. The molecular weight excluding hydrogens is 380 g/mol. The number of carbonyl (C=O) groups excluding carboxylic acids is 1. The van der Waals surface area contributed by atoms with Crippen molar-refractivity contribution in [3.05, 3.63) is 89.6 Å². The quantitative estimate of drug-likeness (QED) is 0.451. The second-order valence-corrected chi connectivity index (χ2v) is 7.10. The van der Waals surface area contributed by atoms with E-state index in [1.54, 1.807) is 33.9 Å². The van der Waals surface area contributed by atoms with Crippen LogP contribution in [0.25, 0.3) is 16.6 Å². The van der Waals surface area contributed by atoms with Gasteiger partial charge in [0.25, 0.3) is 5.91 Å². The highest BCUT2D eigenvalue weighted by Gasteiger charge is 2.22. The molecule has 4 aromatic heterocycles. The third-order valence-electron chi connectivity index (χ3n) is 5.04. The third kappa shape index (κ3) is 3.18. The predicted molar refractivity (Wildman–Crippen MR) is 110 cm³/mol. The molecule has 0 radical (unpaired) electrons. The maximum atomic E-state index is 13.2. The van der Waals surface area contributed by atoms with Crippen molar-refractivity contribution < 1.29 is 9.21 Å². The van der Waals surface area contributed by atoms with Crippen molar-refractivity contribution >= 4 is 22.5 Å². The third-order valence-corrected chi connectivity index (χ3v) is 5.04. The highest BCUT2D eigenvalue weighted by molar-refractivity contribution is 5.92. The first-order valence-corrected chi connectivity index (χ1v) is 9.52. The van der Waals surface area contributed by atoms with Crippen molar-refractivity contribution in [1.82, 2.24) is 29.9 Å². The molecule has 1 aromatic carbocycles. The van der Waals surface area contributed by atoms with Gasteiger partial charge in [-0.25, -0.2) is 0 Å². The molecule has 0 aliphatic carbocycles. The van der Waals surface area contributed by atoms with Crippen molar-refractivity contribution in [2.45, 2.75) is 20.0 Å². The molecular formula is C22H18N6O2. The van der Waals surface area contributed by atoms with Gasteiger partial charge in [0.1, 0.15) is 0 Å². The molecule has 0 fully saturated rings. The van der Waals surface area contributed by atoms with Gasteiger partial charge in [-0.3, -0.25) is 9.78 Å². The zero-order valence-electron chi connectivity index (χ0n) is 16.3. The van der Waals surface area contributed by atoms with Crippen LogP contribution in [0, 0.1) is 6.92 Å². The van der Waals surface area contributed by atoms with Crippen LogP contribution >= 0.6 is 0 Å². The Labute approximate surface area is 171 Å². The van der Waals surface area contributed by atoms with E-state index in [1.165, 1.54) is 6.26 Å². The number of fused-ring (bicyclic) bond motifs is 3. The second-order valence-electron chi connectivity index (χ2n) is 7.10. The Balaban J connectivity index is 1.59. The normalized spacial score (nSPS) is 11.2. The van der Waals surface area contributed by atoms with E-state index in [9.17, 15) is 4.79 Å². The molecule has 5 aromatic rings. The number of para-hydroxylation sites is 1. The topological polar surface area (TPSA) is 89.4 Å². The summed E-state index contributed by atoms with van der Waals surface area (Å²) in [4.78, 5) is 19.0. The smallest absolute Gasteiger partial charge is 0.290 e. The number of benzene rings is 1. The molecule has 0 atom stereocenters. The summed E-state index contributed by atoms with van der Waals surface area (Å²) >= 11 is 0. The number of pyridine rings is 2. The van der Waals surface area contributed by atoms with E-state index in [0.29, 0.717) is 18.7 Å². The van der Waals surface area contributed by atoms with Crippen molar-refractivity contribution in [3.63, 3.8) is 0 Å². The van der Waals surface area contributed by atoms with Gasteiger partial charge in [-0.1, -0.05) is 24.3 Å². The first-order chi connectivity index (χ1) is 14.7. The summed E-state index contributed by atoms with van der Waals surface area (Å²) in [7, 11) is 0. The molecule has 1 amide bonds. The Hall–Kier alpha value is -4.07. The standard InChI is InChI=1S/C22H18N6O2/c1-15-5-2-7-17-11-18(21-24-25-26-28(21)20(15)17)14-27(13-16-6-3-9-23-12-16)22(29)19-8-4-10-30-19/h2-12H,13-14H2,1H3. The lowest BCUT2D eigenvalue weighted by molar-refractivity contribution is 0.0698. The Kier molecular flexibility index (Phi) is 4.44. The monoisotopic (exact) mass is 398 g/mol. The van der Waals surface area contributed by atoms with Gasteiger partial charge in [0.2, 0.25) is 0 Å². The van der Waals surface area contributed by atoms with E-state index in [-0.39, 0.29) is 11.7 Å². The van der Waals surface area contributed by atoms with E-state index < -0.39 is 0 Å². The van der Waals surface area contributed by atoms with Crippen LogP contribution in [0.1, 0.15) is 27.2 Å². The largest absolute Gasteiger partial charge is 0.459 e. The number of amides is 1. The van der Waals surface area contributed by atoms with Crippen LogP contribution in [-0.2, 0) is 13.1 Å². The van der Waals surface area contributed by atoms with Crippen molar-refractivity contribution in [2.24, 2.45) is 0 Å². The van der Waals surface area contributed by atoms with Gasteiger partial charge in [0, 0.05) is 29.9 Å². The van der Waals surface area contributed by atoms with E-state index in [4.69, 9.17) is 4.42 Å². The van der Waals surface area contributed by atoms with Crippen LogP contribution in [0.3, 0.4) is 0 Å². The fraction of sp³-hybridized carbons (Fsp3) is 0.136. The zero-order chi connectivity index (χ0) is 20.5. The average Bonchev–Trinajstić information content (AvgIpc) is 3.46. The van der Waals surface area contributed by atoms with Crippen LogP contribution in [0.4, 0.5) is 0 Å². The number of tetrazole rings is 1. The average molecular weight is 398 g/mol. The first-order valence-electron chi connectivity index (χ1n) is 9.52. The molecule has 0 saturated heterocycles. The molecule has 0 aliphatic rings. The molecule has 0 N–H and O–H groups in total. The lowest BCUT2D eigenvalue weighted by Gasteiger charge is -2.22. The van der Waals surface area contributed by atoms with Gasteiger partial charge in [-0.05, 0) is 52.7 Å². The van der Waals surface area contributed by atoms with Crippen molar-refractivity contribution in [2.75, 3.05) is 0 Å². The lowest BCUT2D eigenvalue weighted by atomic mass is 10.1. The minimum absolute atomic E-state index is 0.209. The molecule has 5 rings (SSSR count). The predicted octanol–water partition coefficient (Wildman–Crippen LogP) is 3.42. The summed E-state index contributed by atoms with van der Waals surface area (Å²) in [5.41, 5.74) is 4.43. The Morgan fingerprint density at radius 1 is 1.13 bits per heavy atom. The van der Waals surface area contributed by atoms with Gasteiger partial charge in [0.05, 0.1) is 18.3 Å². The minimum atomic E-state index is -0.209. The number of aromatic nitrogens is 5. The van der Waals surface area contributed by atoms with Gasteiger partial charge in [0.15, 0.2) is 11.4 Å². The van der Waals surface area contributed by atoms with Crippen molar-refractivity contribution in [3.8, 4) is 0 Å². The molecule has 30 heavy (non-hydrogen) atoms. The van der Waals surface area contributed by atoms with Crippen LogP contribution in [0.2, 0.25) is 0 Å². The van der Waals surface area contributed by atoms with Crippen LogP contribution in [0.5, 0.6) is 0 Å². The summed E-state index contributed by atoms with van der Waals surface area (Å²) in [6.07, 6.45) is 4.95. The molecule has 148 valence electrons. The summed E-state index contributed by atoms with van der Waals surface area (Å²) in [5.74, 6) is 0.0740. The number of hydrogen-bond donors (Lipinski definition) is 0. The van der Waals surface area contributed by atoms with Crippen LogP contribution in [0.15, 0.2) is 71.6 Å². The molecule has 8 heteroatoms. The van der Waals surface area contributed by atoms with Gasteiger partial charge in [-0.2, -0.15) is 4.52 Å².